The molecule has 144 valence electrons. The average Bonchev–Trinajstić information content (AvgIpc) is 2.70. The summed E-state index contributed by atoms with van der Waals surface area (Å²) in [5.41, 5.74) is 0.452. The summed E-state index contributed by atoms with van der Waals surface area (Å²) in [6.07, 6.45) is 0.929. The zero-order chi connectivity index (χ0) is 20.0. The largest absolute Gasteiger partial charge is 0.494 e. The quantitative estimate of drug-likeness (QED) is 0.760. The zero-order valence-electron chi connectivity index (χ0n) is 15.9. The molecule has 0 fully saturated rings. The SMILES string of the molecule is CCC(CC)(NC(=O)c1ccc(OC)c(-c2cccc(Cl)c2)n1)C(=O)NC. The average molecular weight is 390 g/mol. The van der Waals surface area contributed by atoms with Crippen LogP contribution in [0.1, 0.15) is 37.2 Å². The van der Waals surface area contributed by atoms with Gasteiger partial charge in [0.05, 0.1) is 7.11 Å². The summed E-state index contributed by atoms with van der Waals surface area (Å²) in [4.78, 5) is 29.6. The van der Waals surface area contributed by atoms with Crippen LogP contribution >= 0.6 is 11.6 Å². The standard InChI is InChI=1S/C20H24ClN3O3/c1-5-20(6-2,19(26)22-3)24-18(25)15-10-11-16(27-4)17(23-15)13-8-7-9-14(21)12-13/h7-12H,5-6H2,1-4H3,(H,22,26)(H,24,25). The molecule has 0 saturated heterocycles. The van der Waals surface area contributed by atoms with Gasteiger partial charge in [-0.15, -0.1) is 0 Å². The number of carbonyl (C=O) groups is 2. The van der Waals surface area contributed by atoms with Crippen molar-refractivity contribution in [1.29, 1.82) is 0 Å². The molecule has 0 spiro atoms. The molecule has 0 radical (unpaired) electrons. The fourth-order valence-electron chi connectivity index (χ4n) is 2.91. The van der Waals surface area contributed by atoms with Crippen LogP contribution in [0.4, 0.5) is 0 Å². The van der Waals surface area contributed by atoms with E-state index in [9.17, 15) is 9.59 Å². The van der Waals surface area contributed by atoms with Crippen LogP contribution in [-0.2, 0) is 4.79 Å². The molecule has 2 aromatic rings. The molecular weight excluding hydrogens is 366 g/mol. The Bertz CT molecular complexity index is 835. The van der Waals surface area contributed by atoms with Crippen molar-refractivity contribution in [3.8, 4) is 17.0 Å². The third-order valence-corrected chi connectivity index (χ3v) is 4.87. The summed E-state index contributed by atoms with van der Waals surface area (Å²) < 4.78 is 5.37. The predicted octanol–water partition coefficient (Wildman–Crippen LogP) is 3.45. The Kier molecular flexibility index (Phi) is 6.80. The molecule has 1 aromatic carbocycles. The van der Waals surface area contributed by atoms with E-state index in [4.69, 9.17) is 16.3 Å². The molecule has 0 aliphatic rings. The highest BCUT2D eigenvalue weighted by molar-refractivity contribution is 6.30. The normalized spacial score (nSPS) is 11.0. The number of hydrogen-bond donors (Lipinski definition) is 2. The summed E-state index contributed by atoms with van der Waals surface area (Å²) >= 11 is 6.08. The minimum Gasteiger partial charge on any atom is -0.494 e. The molecule has 0 saturated carbocycles. The molecule has 0 aliphatic heterocycles. The van der Waals surface area contributed by atoms with Gasteiger partial charge < -0.3 is 15.4 Å². The van der Waals surface area contributed by atoms with Crippen molar-refractivity contribution in [1.82, 2.24) is 15.6 Å². The smallest absolute Gasteiger partial charge is 0.270 e. The topological polar surface area (TPSA) is 80.3 Å². The van der Waals surface area contributed by atoms with Gasteiger partial charge in [0.25, 0.3) is 5.91 Å². The molecule has 2 N–H and O–H groups in total. The Labute approximate surface area is 164 Å². The molecule has 1 aromatic heterocycles. The lowest BCUT2D eigenvalue weighted by Crippen LogP contribution is -2.57. The van der Waals surface area contributed by atoms with Crippen molar-refractivity contribution in [3.05, 3.63) is 47.1 Å². The van der Waals surface area contributed by atoms with Crippen LogP contribution in [0.15, 0.2) is 36.4 Å². The lowest BCUT2D eigenvalue weighted by Gasteiger charge is -2.30. The summed E-state index contributed by atoms with van der Waals surface area (Å²) in [5.74, 6) is -0.130. The lowest BCUT2D eigenvalue weighted by molar-refractivity contribution is -0.127. The van der Waals surface area contributed by atoms with Crippen molar-refractivity contribution < 1.29 is 14.3 Å². The van der Waals surface area contributed by atoms with E-state index in [1.54, 1.807) is 37.4 Å². The number of ether oxygens (including phenoxy) is 1. The van der Waals surface area contributed by atoms with E-state index in [0.29, 0.717) is 29.3 Å². The first-order valence-electron chi connectivity index (χ1n) is 8.76. The first-order chi connectivity index (χ1) is 12.9. The molecule has 6 nitrogen and oxygen atoms in total. The molecule has 2 rings (SSSR count). The summed E-state index contributed by atoms with van der Waals surface area (Å²) in [7, 11) is 3.09. The highest BCUT2D eigenvalue weighted by atomic mass is 35.5. The van der Waals surface area contributed by atoms with Gasteiger partial charge in [0.1, 0.15) is 22.7 Å². The van der Waals surface area contributed by atoms with E-state index < -0.39 is 11.4 Å². The Hall–Kier alpha value is -2.60. The molecule has 1 heterocycles. The number of likely N-dealkylation sites (N-methyl/N-ethyl adjacent to an activating group) is 1. The maximum Gasteiger partial charge on any atom is 0.270 e. The number of halogens is 1. The van der Waals surface area contributed by atoms with E-state index in [1.807, 2.05) is 19.9 Å². The van der Waals surface area contributed by atoms with Gasteiger partial charge in [0.15, 0.2) is 0 Å². The van der Waals surface area contributed by atoms with E-state index in [0.717, 1.165) is 5.56 Å². The van der Waals surface area contributed by atoms with Crippen LogP contribution in [0.25, 0.3) is 11.3 Å². The Morgan fingerprint density at radius 1 is 1.19 bits per heavy atom. The fourth-order valence-corrected chi connectivity index (χ4v) is 3.10. The third kappa shape index (κ3) is 4.39. The predicted molar refractivity (Wildman–Crippen MR) is 106 cm³/mol. The first kappa shape index (κ1) is 20.7. The van der Waals surface area contributed by atoms with Crippen LogP contribution < -0.4 is 15.4 Å². The number of methoxy groups -OCH3 is 1. The molecule has 0 bridgehead atoms. The molecular formula is C20H24ClN3O3. The van der Waals surface area contributed by atoms with Gasteiger partial charge >= 0.3 is 0 Å². The summed E-state index contributed by atoms with van der Waals surface area (Å²) in [6.45, 7) is 3.72. The third-order valence-electron chi connectivity index (χ3n) is 4.63. The van der Waals surface area contributed by atoms with Gasteiger partial charge in [-0.3, -0.25) is 9.59 Å². The van der Waals surface area contributed by atoms with Crippen molar-refractivity contribution in [2.45, 2.75) is 32.2 Å². The van der Waals surface area contributed by atoms with E-state index in [1.165, 1.54) is 7.11 Å². The van der Waals surface area contributed by atoms with E-state index in [-0.39, 0.29) is 11.6 Å². The lowest BCUT2D eigenvalue weighted by atomic mass is 9.91. The number of aromatic nitrogens is 1. The van der Waals surface area contributed by atoms with Gasteiger partial charge in [0.2, 0.25) is 5.91 Å². The number of nitrogens with zero attached hydrogens (tertiary/aromatic N) is 1. The van der Waals surface area contributed by atoms with E-state index >= 15 is 0 Å². The monoisotopic (exact) mass is 389 g/mol. The minimum atomic E-state index is -0.982. The van der Waals surface area contributed by atoms with Crippen LogP contribution in [0.3, 0.4) is 0 Å². The number of rotatable bonds is 7. The second-order valence-corrected chi connectivity index (χ2v) is 6.52. The van der Waals surface area contributed by atoms with Gasteiger partial charge in [-0.2, -0.15) is 0 Å². The Balaban J connectivity index is 2.43. The number of nitrogens with one attached hydrogen (secondary N) is 2. The maximum absolute atomic E-state index is 12.8. The number of benzene rings is 1. The zero-order valence-corrected chi connectivity index (χ0v) is 16.7. The van der Waals surface area contributed by atoms with Crippen LogP contribution in [-0.4, -0.2) is 36.5 Å². The minimum absolute atomic E-state index is 0.195. The van der Waals surface area contributed by atoms with E-state index in [2.05, 4.69) is 15.6 Å². The van der Waals surface area contributed by atoms with Crippen molar-refractivity contribution >= 4 is 23.4 Å². The van der Waals surface area contributed by atoms with Crippen molar-refractivity contribution in [2.75, 3.05) is 14.2 Å². The molecule has 0 unspecified atom stereocenters. The molecule has 0 atom stereocenters. The number of carbonyl (C=O) groups excluding carboxylic acids is 2. The van der Waals surface area contributed by atoms with Gasteiger partial charge in [-0.05, 0) is 37.1 Å². The fraction of sp³-hybridized carbons (Fsp3) is 0.350. The molecule has 7 heteroatoms. The Morgan fingerprint density at radius 3 is 2.44 bits per heavy atom. The number of pyridine rings is 1. The molecule has 2 amide bonds. The second-order valence-electron chi connectivity index (χ2n) is 6.08. The van der Waals surface area contributed by atoms with Gasteiger partial charge in [-0.25, -0.2) is 4.98 Å². The van der Waals surface area contributed by atoms with Crippen molar-refractivity contribution in [2.24, 2.45) is 0 Å². The highest BCUT2D eigenvalue weighted by Crippen LogP contribution is 2.30. The maximum atomic E-state index is 12.8. The summed E-state index contributed by atoms with van der Waals surface area (Å²) in [5, 5.41) is 6.02. The van der Waals surface area contributed by atoms with Crippen molar-refractivity contribution in [3.63, 3.8) is 0 Å². The van der Waals surface area contributed by atoms with Crippen LogP contribution in [0.5, 0.6) is 5.75 Å². The Morgan fingerprint density at radius 2 is 1.89 bits per heavy atom. The number of amides is 2. The van der Waals surface area contributed by atoms with Crippen LogP contribution in [0.2, 0.25) is 5.02 Å². The highest BCUT2D eigenvalue weighted by Gasteiger charge is 2.36. The second kappa shape index (κ2) is 8.86. The molecule has 27 heavy (non-hydrogen) atoms. The van der Waals surface area contributed by atoms with Crippen LogP contribution in [0, 0.1) is 0 Å². The summed E-state index contributed by atoms with van der Waals surface area (Å²) in [6, 6.07) is 10.4. The number of hydrogen-bond acceptors (Lipinski definition) is 4. The first-order valence-corrected chi connectivity index (χ1v) is 9.14. The molecule has 0 aliphatic carbocycles. The van der Waals surface area contributed by atoms with Gasteiger partial charge in [0, 0.05) is 17.6 Å². The van der Waals surface area contributed by atoms with Gasteiger partial charge in [-0.1, -0.05) is 37.6 Å².